The molecule has 0 aliphatic rings. The van der Waals surface area contributed by atoms with Gasteiger partial charge in [0.15, 0.2) is 5.82 Å². The molecule has 0 spiro atoms. The standard InChI is InChI=1S/C13H19N5OS/c1-3-5-19-13-11(14)12(17-8-18-13)16-7-10-15-6-9(4-2)20-10/h6,8H,3-5,7,14H2,1-2H3,(H,16,17,18). The van der Waals surface area contributed by atoms with Crippen LogP contribution in [0.1, 0.15) is 30.2 Å². The Bertz CT molecular complexity index is 557. The van der Waals surface area contributed by atoms with Gasteiger partial charge in [-0.3, -0.25) is 0 Å². The number of aromatic nitrogens is 3. The lowest BCUT2D eigenvalue weighted by atomic mass is 10.4. The van der Waals surface area contributed by atoms with Gasteiger partial charge in [0, 0.05) is 11.1 Å². The molecule has 0 bridgehead atoms. The molecule has 0 saturated heterocycles. The maximum absolute atomic E-state index is 5.99. The fourth-order valence-electron chi connectivity index (χ4n) is 1.59. The first-order valence-corrected chi connectivity index (χ1v) is 7.47. The van der Waals surface area contributed by atoms with Crippen molar-refractivity contribution in [2.75, 3.05) is 17.7 Å². The van der Waals surface area contributed by atoms with Gasteiger partial charge in [-0.15, -0.1) is 11.3 Å². The Labute approximate surface area is 122 Å². The van der Waals surface area contributed by atoms with Crippen molar-refractivity contribution in [1.82, 2.24) is 15.0 Å². The van der Waals surface area contributed by atoms with Crippen LogP contribution in [0.5, 0.6) is 5.88 Å². The molecule has 6 nitrogen and oxygen atoms in total. The van der Waals surface area contributed by atoms with Crippen LogP contribution in [0, 0.1) is 0 Å². The van der Waals surface area contributed by atoms with E-state index in [-0.39, 0.29) is 0 Å². The van der Waals surface area contributed by atoms with E-state index in [1.807, 2.05) is 13.1 Å². The second-order valence-corrected chi connectivity index (χ2v) is 5.42. The molecular formula is C13H19N5OS. The van der Waals surface area contributed by atoms with Gasteiger partial charge in [-0.2, -0.15) is 4.98 Å². The van der Waals surface area contributed by atoms with E-state index in [0.29, 0.717) is 30.5 Å². The molecule has 3 N–H and O–H groups in total. The number of aryl methyl sites for hydroxylation is 1. The Morgan fingerprint density at radius 3 is 2.85 bits per heavy atom. The van der Waals surface area contributed by atoms with Gasteiger partial charge in [-0.25, -0.2) is 9.97 Å². The molecule has 2 aromatic rings. The maximum atomic E-state index is 5.99. The van der Waals surface area contributed by atoms with Gasteiger partial charge in [0.2, 0.25) is 5.88 Å². The summed E-state index contributed by atoms with van der Waals surface area (Å²) in [5.41, 5.74) is 6.43. The summed E-state index contributed by atoms with van der Waals surface area (Å²) in [6.07, 6.45) is 5.26. The fraction of sp³-hybridized carbons (Fsp3) is 0.462. The molecule has 7 heteroatoms. The van der Waals surface area contributed by atoms with Crippen molar-refractivity contribution >= 4 is 22.8 Å². The molecular weight excluding hydrogens is 274 g/mol. The Hall–Kier alpha value is -1.89. The summed E-state index contributed by atoms with van der Waals surface area (Å²) in [6.45, 7) is 5.33. The summed E-state index contributed by atoms with van der Waals surface area (Å²) in [6, 6.07) is 0. The van der Waals surface area contributed by atoms with Crippen LogP contribution in [0.15, 0.2) is 12.5 Å². The predicted octanol–water partition coefficient (Wildman–Crippen LogP) is 2.48. The van der Waals surface area contributed by atoms with Crippen molar-refractivity contribution in [2.24, 2.45) is 0 Å². The Kier molecular flexibility index (Phi) is 5.11. The quantitative estimate of drug-likeness (QED) is 0.815. The lowest BCUT2D eigenvalue weighted by Gasteiger charge is -2.10. The van der Waals surface area contributed by atoms with Crippen molar-refractivity contribution in [2.45, 2.75) is 33.2 Å². The Balaban J connectivity index is 2.01. The number of anilines is 2. The molecule has 0 saturated carbocycles. The lowest BCUT2D eigenvalue weighted by Crippen LogP contribution is -2.08. The Morgan fingerprint density at radius 1 is 1.30 bits per heavy atom. The number of hydrogen-bond acceptors (Lipinski definition) is 7. The fourth-order valence-corrected chi connectivity index (χ4v) is 2.39. The normalized spacial score (nSPS) is 10.5. The van der Waals surface area contributed by atoms with Crippen LogP contribution < -0.4 is 15.8 Å². The van der Waals surface area contributed by atoms with Gasteiger partial charge < -0.3 is 15.8 Å². The van der Waals surface area contributed by atoms with E-state index in [9.17, 15) is 0 Å². The van der Waals surface area contributed by atoms with E-state index < -0.39 is 0 Å². The van der Waals surface area contributed by atoms with E-state index in [1.165, 1.54) is 11.2 Å². The van der Waals surface area contributed by atoms with Gasteiger partial charge in [0.25, 0.3) is 0 Å². The van der Waals surface area contributed by atoms with Gasteiger partial charge in [0.1, 0.15) is 17.0 Å². The highest BCUT2D eigenvalue weighted by Crippen LogP contribution is 2.25. The number of nitrogen functional groups attached to an aromatic ring is 1. The zero-order valence-corrected chi connectivity index (χ0v) is 12.5. The predicted molar refractivity (Wildman–Crippen MR) is 81.0 cm³/mol. The molecule has 0 aliphatic carbocycles. The number of nitrogens with two attached hydrogens (primary N) is 1. The molecule has 0 fully saturated rings. The highest BCUT2D eigenvalue weighted by Gasteiger charge is 2.09. The summed E-state index contributed by atoms with van der Waals surface area (Å²) >= 11 is 1.69. The number of nitrogens with zero attached hydrogens (tertiary/aromatic N) is 3. The molecule has 0 amide bonds. The molecule has 2 rings (SSSR count). The number of thiazole rings is 1. The zero-order valence-electron chi connectivity index (χ0n) is 11.7. The number of nitrogens with one attached hydrogen (secondary N) is 1. The summed E-state index contributed by atoms with van der Waals surface area (Å²) in [5.74, 6) is 1.01. The van der Waals surface area contributed by atoms with Crippen LogP contribution in [0.3, 0.4) is 0 Å². The molecule has 0 atom stereocenters. The van der Waals surface area contributed by atoms with Crippen molar-refractivity contribution in [3.63, 3.8) is 0 Å². The van der Waals surface area contributed by atoms with Gasteiger partial charge >= 0.3 is 0 Å². The second-order valence-electron chi connectivity index (χ2n) is 4.22. The van der Waals surface area contributed by atoms with Crippen molar-refractivity contribution in [3.8, 4) is 5.88 Å². The second kappa shape index (κ2) is 7.04. The SMILES string of the molecule is CCCOc1ncnc(NCc2ncc(CC)s2)c1N. The number of rotatable bonds is 7. The first-order valence-electron chi connectivity index (χ1n) is 6.65. The van der Waals surface area contributed by atoms with Crippen LogP contribution in [-0.4, -0.2) is 21.6 Å². The maximum Gasteiger partial charge on any atom is 0.242 e. The van der Waals surface area contributed by atoms with E-state index >= 15 is 0 Å². The molecule has 2 heterocycles. The van der Waals surface area contributed by atoms with E-state index in [0.717, 1.165) is 17.8 Å². The molecule has 20 heavy (non-hydrogen) atoms. The van der Waals surface area contributed by atoms with Gasteiger partial charge in [-0.05, 0) is 12.8 Å². The molecule has 0 aromatic carbocycles. The van der Waals surface area contributed by atoms with Crippen LogP contribution in [0.2, 0.25) is 0 Å². The summed E-state index contributed by atoms with van der Waals surface area (Å²) in [5, 5.41) is 4.19. The zero-order chi connectivity index (χ0) is 14.4. The van der Waals surface area contributed by atoms with Crippen LogP contribution in [0.25, 0.3) is 0 Å². The lowest BCUT2D eigenvalue weighted by molar-refractivity contribution is 0.306. The summed E-state index contributed by atoms with van der Waals surface area (Å²) in [4.78, 5) is 13.8. The Morgan fingerprint density at radius 2 is 2.15 bits per heavy atom. The first-order chi connectivity index (χ1) is 9.74. The third-order valence-electron chi connectivity index (χ3n) is 2.65. The van der Waals surface area contributed by atoms with E-state index in [4.69, 9.17) is 10.5 Å². The van der Waals surface area contributed by atoms with Crippen molar-refractivity contribution < 1.29 is 4.74 Å². The minimum atomic E-state index is 0.428. The van der Waals surface area contributed by atoms with Crippen molar-refractivity contribution in [3.05, 3.63) is 22.4 Å². The van der Waals surface area contributed by atoms with Crippen LogP contribution >= 0.6 is 11.3 Å². The highest BCUT2D eigenvalue weighted by atomic mass is 32.1. The average molecular weight is 293 g/mol. The third kappa shape index (κ3) is 3.57. The smallest absolute Gasteiger partial charge is 0.242 e. The number of hydrogen-bond donors (Lipinski definition) is 2. The molecule has 2 aromatic heterocycles. The van der Waals surface area contributed by atoms with Crippen molar-refractivity contribution in [1.29, 1.82) is 0 Å². The molecule has 0 aliphatic heterocycles. The third-order valence-corrected chi connectivity index (χ3v) is 3.79. The minimum Gasteiger partial charge on any atom is -0.476 e. The highest BCUT2D eigenvalue weighted by molar-refractivity contribution is 7.11. The average Bonchev–Trinajstić information content (AvgIpc) is 2.93. The topological polar surface area (TPSA) is 86.0 Å². The molecule has 108 valence electrons. The van der Waals surface area contributed by atoms with Gasteiger partial charge in [-0.1, -0.05) is 13.8 Å². The monoisotopic (exact) mass is 293 g/mol. The summed E-state index contributed by atoms with van der Waals surface area (Å²) in [7, 11) is 0. The van der Waals surface area contributed by atoms with E-state index in [1.54, 1.807) is 11.3 Å². The molecule has 0 unspecified atom stereocenters. The summed E-state index contributed by atoms with van der Waals surface area (Å²) < 4.78 is 5.47. The van der Waals surface area contributed by atoms with Gasteiger partial charge in [0.05, 0.1) is 13.2 Å². The largest absolute Gasteiger partial charge is 0.476 e. The molecule has 0 radical (unpaired) electrons. The van der Waals surface area contributed by atoms with Crippen LogP contribution in [0.4, 0.5) is 11.5 Å². The van der Waals surface area contributed by atoms with Crippen LogP contribution in [-0.2, 0) is 13.0 Å². The van der Waals surface area contributed by atoms with E-state index in [2.05, 4.69) is 27.2 Å². The minimum absolute atomic E-state index is 0.428. The first kappa shape index (κ1) is 14.5. The number of ether oxygens (including phenoxy) is 1.